The molecule has 0 aliphatic heterocycles. The molecule has 3 aromatic rings. The standard InChI is InChI=1S/C20H21N5O3/c1-13-10-17(25-20(23-13)22-12-14-6-8-21-9-7-14)19(26)24-16-11-15(27-2)4-5-18(16)28-3/h4-11H,12H2,1-3H3,(H,24,26)(H,22,23,25). The minimum atomic E-state index is -0.371. The molecule has 8 nitrogen and oxygen atoms in total. The van der Waals surface area contributed by atoms with Crippen LogP contribution < -0.4 is 20.1 Å². The fourth-order valence-electron chi connectivity index (χ4n) is 2.54. The Bertz CT molecular complexity index is 963. The summed E-state index contributed by atoms with van der Waals surface area (Å²) in [4.78, 5) is 25.4. The van der Waals surface area contributed by atoms with Crippen LogP contribution in [0.5, 0.6) is 11.5 Å². The van der Waals surface area contributed by atoms with Gasteiger partial charge in [-0.05, 0) is 42.8 Å². The lowest BCUT2D eigenvalue weighted by molar-refractivity contribution is 0.102. The molecule has 8 heteroatoms. The first-order chi connectivity index (χ1) is 13.6. The van der Waals surface area contributed by atoms with Crippen LogP contribution in [0, 0.1) is 6.92 Å². The molecule has 0 saturated carbocycles. The van der Waals surface area contributed by atoms with E-state index in [0.29, 0.717) is 35.4 Å². The molecule has 0 aliphatic carbocycles. The number of hydrogen-bond donors (Lipinski definition) is 2. The summed E-state index contributed by atoms with van der Waals surface area (Å²) in [5, 5.41) is 5.94. The van der Waals surface area contributed by atoms with Gasteiger partial charge >= 0.3 is 0 Å². The number of aromatic nitrogens is 3. The largest absolute Gasteiger partial charge is 0.497 e. The zero-order valence-corrected chi connectivity index (χ0v) is 15.9. The number of hydrogen-bond acceptors (Lipinski definition) is 7. The lowest BCUT2D eigenvalue weighted by Crippen LogP contribution is -2.16. The van der Waals surface area contributed by atoms with Gasteiger partial charge in [0.2, 0.25) is 5.95 Å². The lowest BCUT2D eigenvalue weighted by atomic mass is 10.2. The number of pyridine rings is 1. The summed E-state index contributed by atoms with van der Waals surface area (Å²) in [7, 11) is 3.09. The molecule has 0 bridgehead atoms. The first kappa shape index (κ1) is 19.1. The third-order valence-electron chi connectivity index (χ3n) is 3.94. The number of methoxy groups -OCH3 is 2. The van der Waals surface area contributed by atoms with Crippen molar-refractivity contribution >= 4 is 17.5 Å². The quantitative estimate of drug-likeness (QED) is 0.651. The van der Waals surface area contributed by atoms with E-state index in [1.807, 2.05) is 19.1 Å². The predicted octanol–water partition coefficient (Wildman–Crippen LogP) is 3.06. The van der Waals surface area contributed by atoms with Gasteiger partial charge in [-0.1, -0.05) is 0 Å². The molecule has 1 amide bonds. The molecule has 0 atom stereocenters. The topological polar surface area (TPSA) is 98.3 Å². The smallest absolute Gasteiger partial charge is 0.274 e. The maximum atomic E-state index is 12.7. The van der Waals surface area contributed by atoms with E-state index >= 15 is 0 Å². The van der Waals surface area contributed by atoms with Gasteiger partial charge in [-0.25, -0.2) is 9.97 Å². The number of anilines is 2. The molecule has 3 rings (SSSR count). The average molecular weight is 379 g/mol. The predicted molar refractivity (Wildman–Crippen MR) is 106 cm³/mol. The Kier molecular flexibility index (Phi) is 6.01. The van der Waals surface area contributed by atoms with E-state index in [0.717, 1.165) is 5.56 Å². The zero-order valence-electron chi connectivity index (χ0n) is 15.9. The van der Waals surface area contributed by atoms with Crippen LogP contribution in [-0.2, 0) is 6.54 Å². The average Bonchev–Trinajstić information content (AvgIpc) is 2.72. The number of carbonyl (C=O) groups excluding carboxylic acids is 1. The van der Waals surface area contributed by atoms with E-state index in [-0.39, 0.29) is 11.6 Å². The molecule has 0 fully saturated rings. The highest BCUT2D eigenvalue weighted by Crippen LogP contribution is 2.29. The summed E-state index contributed by atoms with van der Waals surface area (Å²) in [6.45, 7) is 2.33. The molecular formula is C20H21N5O3. The van der Waals surface area contributed by atoms with Gasteiger partial charge in [0.1, 0.15) is 17.2 Å². The van der Waals surface area contributed by atoms with E-state index in [9.17, 15) is 4.79 Å². The van der Waals surface area contributed by atoms with Crippen LogP contribution in [-0.4, -0.2) is 35.1 Å². The van der Waals surface area contributed by atoms with E-state index in [1.54, 1.807) is 43.8 Å². The molecule has 2 N–H and O–H groups in total. The highest BCUT2D eigenvalue weighted by atomic mass is 16.5. The summed E-state index contributed by atoms with van der Waals surface area (Å²) in [6.07, 6.45) is 3.43. The molecule has 0 saturated heterocycles. The Morgan fingerprint density at radius 2 is 1.82 bits per heavy atom. The molecule has 2 heterocycles. The summed E-state index contributed by atoms with van der Waals surface area (Å²) in [5.41, 5.74) is 2.45. The number of nitrogens with one attached hydrogen (secondary N) is 2. The van der Waals surface area contributed by atoms with Crippen LogP contribution in [0.25, 0.3) is 0 Å². The van der Waals surface area contributed by atoms with Crippen molar-refractivity contribution in [3.8, 4) is 11.5 Å². The molecular weight excluding hydrogens is 358 g/mol. The maximum Gasteiger partial charge on any atom is 0.274 e. The van der Waals surface area contributed by atoms with Crippen LogP contribution in [0.15, 0.2) is 48.8 Å². The number of carbonyl (C=O) groups is 1. The van der Waals surface area contributed by atoms with E-state index in [1.165, 1.54) is 7.11 Å². The third-order valence-corrected chi connectivity index (χ3v) is 3.94. The third kappa shape index (κ3) is 4.73. The molecule has 0 aliphatic rings. The highest BCUT2D eigenvalue weighted by molar-refractivity contribution is 6.04. The summed E-state index contributed by atoms with van der Waals surface area (Å²) >= 11 is 0. The van der Waals surface area contributed by atoms with Crippen molar-refractivity contribution < 1.29 is 14.3 Å². The number of ether oxygens (including phenoxy) is 2. The van der Waals surface area contributed by atoms with Gasteiger partial charge in [-0.2, -0.15) is 0 Å². The monoisotopic (exact) mass is 379 g/mol. The minimum absolute atomic E-state index is 0.245. The van der Waals surface area contributed by atoms with Crippen LogP contribution in [0.2, 0.25) is 0 Å². The molecule has 144 valence electrons. The second kappa shape index (κ2) is 8.81. The number of aryl methyl sites for hydroxylation is 1. The fourth-order valence-corrected chi connectivity index (χ4v) is 2.54. The van der Waals surface area contributed by atoms with Gasteiger partial charge in [0.15, 0.2) is 0 Å². The van der Waals surface area contributed by atoms with Crippen molar-refractivity contribution in [1.82, 2.24) is 15.0 Å². The summed E-state index contributed by atoms with van der Waals surface area (Å²) in [5.74, 6) is 1.13. The number of nitrogens with zero attached hydrogens (tertiary/aromatic N) is 3. The normalized spacial score (nSPS) is 10.2. The Labute approximate surface area is 163 Å². The molecule has 0 spiro atoms. The lowest BCUT2D eigenvalue weighted by Gasteiger charge is -2.12. The Morgan fingerprint density at radius 3 is 2.54 bits per heavy atom. The number of benzene rings is 1. The SMILES string of the molecule is COc1ccc(OC)c(NC(=O)c2cc(C)nc(NCc3ccncc3)n2)c1. The highest BCUT2D eigenvalue weighted by Gasteiger charge is 2.14. The number of rotatable bonds is 7. The molecule has 0 unspecified atom stereocenters. The first-order valence-electron chi connectivity index (χ1n) is 8.61. The summed E-state index contributed by atoms with van der Waals surface area (Å²) < 4.78 is 10.5. The fraction of sp³-hybridized carbons (Fsp3) is 0.200. The van der Waals surface area contributed by atoms with Gasteiger partial charge in [0.25, 0.3) is 5.91 Å². The summed E-state index contributed by atoms with van der Waals surface area (Å²) in [6, 6.07) is 10.6. The zero-order chi connectivity index (χ0) is 19.9. The van der Waals surface area contributed by atoms with Gasteiger partial charge in [-0.3, -0.25) is 9.78 Å². The van der Waals surface area contributed by atoms with Crippen LogP contribution in [0.1, 0.15) is 21.7 Å². The molecule has 1 aromatic carbocycles. The molecule has 2 aromatic heterocycles. The van der Waals surface area contributed by atoms with Crippen LogP contribution in [0.4, 0.5) is 11.6 Å². The minimum Gasteiger partial charge on any atom is -0.497 e. The second-order valence-electron chi connectivity index (χ2n) is 5.95. The van der Waals surface area contributed by atoms with E-state index in [4.69, 9.17) is 9.47 Å². The molecule has 28 heavy (non-hydrogen) atoms. The van der Waals surface area contributed by atoms with Crippen LogP contribution >= 0.6 is 0 Å². The Morgan fingerprint density at radius 1 is 1.04 bits per heavy atom. The van der Waals surface area contributed by atoms with Crippen molar-refractivity contribution in [2.24, 2.45) is 0 Å². The van der Waals surface area contributed by atoms with Gasteiger partial charge in [0.05, 0.1) is 19.9 Å². The maximum absolute atomic E-state index is 12.7. The van der Waals surface area contributed by atoms with Crippen molar-refractivity contribution in [1.29, 1.82) is 0 Å². The number of amides is 1. The van der Waals surface area contributed by atoms with Crippen LogP contribution in [0.3, 0.4) is 0 Å². The second-order valence-corrected chi connectivity index (χ2v) is 5.95. The van der Waals surface area contributed by atoms with Crippen molar-refractivity contribution in [2.45, 2.75) is 13.5 Å². The van der Waals surface area contributed by atoms with E-state index < -0.39 is 0 Å². The Balaban J connectivity index is 1.77. The first-order valence-corrected chi connectivity index (χ1v) is 8.61. The Hall–Kier alpha value is -3.68. The van der Waals surface area contributed by atoms with Gasteiger partial charge in [0, 0.05) is 30.7 Å². The van der Waals surface area contributed by atoms with Crippen molar-refractivity contribution in [2.75, 3.05) is 24.9 Å². The van der Waals surface area contributed by atoms with E-state index in [2.05, 4.69) is 25.6 Å². The van der Waals surface area contributed by atoms with Crippen molar-refractivity contribution in [3.05, 3.63) is 65.7 Å². The van der Waals surface area contributed by atoms with Gasteiger partial charge < -0.3 is 20.1 Å². The van der Waals surface area contributed by atoms with Gasteiger partial charge in [-0.15, -0.1) is 0 Å². The molecule has 0 radical (unpaired) electrons. The van der Waals surface area contributed by atoms with Crippen molar-refractivity contribution in [3.63, 3.8) is 0 Å².